The van der Waals surface area contributed by atoms with Gasteiger partial charge >= 0.3 is 5.97 Å². The van der Waals surface area contributed by atoms with Gasteiger partial charge in [-0.2, -0.15) is 0 Å². The van der Waals surface area contributed by atoms with E-state index in [1.54, 1.807) is 55.1 Å². The molecule has 0 radical (unpaired) electrons. The highest BCUT2D eigenvalue weighted by atomic mass is 16.5. The zero-order valence-corrected chi connectivity index (χ0v) is 16.0. The molecule has 7 nitrogen and oxygen atoms in total. The molecule has 1 fully saturated rings. The second kappa shape index (κ2) is 8.21. The topological polar surface area (TPSA) is 103 Å². The summed E-state index contributed by atoms with van der Waals surface area (Å²) in [6.07, 6.45) is 2.08. The molecule has 3 rings (SSSR count). The lowest BCUT2D eigenvalue weighted by Crippen LogP contribution is -2.35. The van der Waals surface area contributed by atoms with Crippen LogP contribution in [0, 0.1) is 12.8 Å². The van der Waals surface area contributed by atoms with Crippen molar-refractivity contribution in [2.75, 3.05) is 18.1 Å². The summed E-state index contributed by atoms with van der Waals surface area (Å²) < 4.78 is 5.05. The minimum absolute atomic E-state index is 0.0488. The largest absolute Gasteiger partial charge is 0.462 e. The Labute approximate surface area is 163 Å². The first-order valence-electron chi connectivity index (χ1n) is 9.27. The number of carbonyl (C=O) groups excluding carboxylic acids is 3. The number of ether oxygens (including phenoxy) is 1. The summed E-state index contributed by atoms with van der Waals surface area (Å²) in [5, 5.41) is 0. The van der Waals surface area contributed by atoms with Crippen LogP contribution in [0.5, 0.6) is 0 Å². The number of hydrogen-bond donors (Lipinski definition) is 1. The molecule has 2 N–H and O–H groups in total. The van der Waals surface area contributed by atoms with Crippen LogP contribution in [0.4, 0.5) is 5.69 Å². The van der Waals surface area contributed by atoms with Gasteiger partial charge in [0.2, 0.25) is 0 Å². The molecular weight excluding hydrogens is 358 g/mol. The van der Waals surface area contributed by atoms with Gasteiger partial charge in [0.25, 0.3) is 11.8 Å². The number of carbonyl (C=O) groups is 3. The smallest absolute Gasteiger partial charge is 0.338 e. The molecule has 146 valence electrons. The number of amides is 2. The Balaban J connectivity index is 1.99. The van der Waals surface area contributed by atoms with Crippen LogP contribution in [0.2, 0.25) is 0 Å². The molecule has 7 heteroatoms. The predicted octanol–water partition coefficient (Wildman–Crippen LogP) is 2.72. The molecule has 0 aliphatic heterocycles. The number of anilines is 1. The summed E-state index contributed by atoms with van der Waals surface area (Å²) in [6.45, 7) is 4.23. The van der Waals surface area contributed by atoms with Gasteiger partial charge in [-0.25, -0.2) is 9.78 Å². The van der Waals surface area contributed by atoms with Gasteiger partial charge in [-0.1, -0.05) is 6.07 Å². The highest BCUT2D eigenvalue weighted by Gasteiger charge is 2.30. The van der Waals surface area contributed by atoms with E-state index in [2.05, 4.69) is 4.98 Å². The van der Waals surface area contributed by atoms with E-state index in [1.807, 2.05) is 0 Å². The number of primary amides is 1. The molecule has 2 aromatic rings. The molecule has 1 aliphatic carbocycles. The maximum atomic E-state index is 13.3. The monoisotopic (exact) mass is 381 g/mol. The van der Waals surface area contributed by atoms with Crippen molar-refractivity contribution >= 4 is 23.5 Å². The van der Waals surface area contributed by atoms with Crippen molar-refractivity contribution < 1.29 is 19.1 Å². The van der Waals surface area contributed by atoms with Crippen LogP contribution >= 0.6 is 0 Å². The van der Waals surface area contributed by atoms with Crippen molar-refractivity contribution in [1.29, 1.82) is 0 Å². The van der Waals surface area contributed by atoms with Gasteiger partial charge in [0.15, 0.2) is 0 Å². The third-order valence-electron chi connectivity index (χ3n) is 4.55. The number of benzene rings is 1. The molecule has 0 bridgehead atoms. The summed E-state index contributed by atoms with van der Waals surface area (Å²) in [7, 11) is 0. The highest BCUT2D eigenvalue weighted by molar-refractivity contribution is 6.12. The molecule has 0 spiro atoms. The molecule has 28 heavy (non-hydrogen) atoms. The van der Waals surface area contributed by atoms with Crippen LogP contribution in [0.1, 0.15) is 56.7 Å². The lowest BCUT2D eigenvalue weighted by Gasteiger charge is -2.24. The number of hydrogen-bond acceptors (Lipinski definition) is 5. The van der Waals surface area contributed by atoms with Crippen molar-refractivity contribution in [3.05, 3.63) is 58.9 Å². The second-order valence-electron chi connectivity index (χ2n) is 6.84. The lowest BCUT2D eigenvalue weighted by atomic mass is 10.1. The van der Waals surface area contributed by atoms with Crippen LogP contribution in [0.15, 0.2) is 36.4 Å². The first-order valence-corrected chi connectivity index (χ1v) is 9.27. The van der Waals surface area contributed by atoms with E-state index >= 15 is 0 Å². The molecule has 1 saturated carbocycles. The third kappa shape index (κ3) is 4.36. The van der Waals surface area contributed by atoms with Gasteiger partial charge < -0.3 is 15.4 Å². The number of nitrogens with zero attached hydrogens (tertiary/aromatic N) is 2. The van der Waals surface area contributed by atoms with Gasteiger partial charge in [0, 0.05) is 17.9 Å². The third-order valence-corrected chi connectivity index (χ3v) is 4.55. The van der Waals surface area contributed by atoms with E-state index in [0.29, 0.717) is 29.4 Å². The van der Waals surface area contributed by atoms with Crippen molar-refractivity contribution in [3.8, 4) is 0 Å². The summed E-state index contributed by atoms with van der Waals surface area (Å²) >= 11 is 0. The Morgan fingerprint density at radius 1 is 1.21 bits per heavy atom. The standard InChI is InChI=1S/C21H23N3O4/c1-3-28-21(27)15-5-4-6-16(11-15)24(12-14-8-9-14)20(26)17-10-7-13(2)23-18(17)19(22)25/h4-7,10-11,14H,3,8-9,12H2,1-2H3,(H2,22,25). The van der Waals surface area contributed by atoms with Crippen LogP contribution in [-0.2, 0) is 4.74 Å². The number of esters is 1. The van der Waals surface area contributed by atoms with E-state index in [9.17, 15) is 14.4 Å². The molecule has 1 aromatic carbocycles. The zero-order valence-electron chi connectivity index (χ0n) is 16.0. The number of nitrogens with two attached hydrogens (primary N) is 1. The predicted molar refractivity (Wildman–Crippen MR) is 104 cm³/mol. The second-order valence-corrected chi connectivity index (χ2v) is 6.84. The van der Waals surface area contributed by atoms with Crippen molar-refractivity contribution in [1.82, 2.24) is 4.98 Å². The Bertz CT molecular complexity index is 922. The quantitative estimate of drug-likeness (QED) is 0.743. The van der Waals surface area contributed by atoms with Crippen molar-refractivity contribution in [2.45, 2.75) is 26.7 Å². The maximum absolute atomic E-state index is 13.3. The summed E-state index contributed by atoms with van der Waals surface area (Å²) in [5.41, 5.74) is 7.08. The minimum atomic E-state index is -0.751. The molecule has 0 saturated heterocycles. The van der Waals surface area contributed by atoms with E-state index in [4.69, 9.17) is 10.5 Å². The number of aryl methyl sites for hydroxylation is 1. The zero-order chi connectivity index (χ0) is 20.3. The lowest BCUT2D eigenvalue weighted by molar-refractivity contribution is 0.0526. The van der Waals surface area contributed by atoms with Crippen LogP contribution in [-0.4, -0.2) is 35.9 Å². The SMILES string of the molecule is CCOC(=O)c1cccc(N(CC2CC2)C(=O)c2ccc(C)nc2C(N)=O)c1. The first-order chi connectivity index (χ1) is 13.4. The normalized spacial score (nSPS) is 13.1. The first kappa shape index (κ1) is 19.5. The van der Waals surface area contributed by atoms with Crippen LogP contribution in [0.25, 0.3) is 0 Å². The fourth-order valence-corrected chi connectivity index (χ4v) is 2.94. The van der Waals surface area contributed by atoms with E-state index in [1.165, 1.54) is 0 Å². The van der Waals surface area contributed by atoms with Gasteiger partial charge in [0.05, 0.1) is 17.7 Å². The highest BCUT2D eigenvalue weighted by Crippen LogP contribution is 2.32. The molecule has 1 aromatic heterocycles. The van der Waals surface area contributed by atoms with Gasteiger partial charge in [-0.15, -0.1) is 0 Å². The average molecular weight is 381 g/mol. The van der Waals surface area contributed by atoms with Crippen molar-refractivity contribution in [3.63, 3.8) is 0 Å². The molecule has 1 aliphatic rings. The summed E-state index contributed by atoms with van der Waals surface area (Å²) in [5.74, 6) is -1.17. The van der Waals surface area contributed by atoms with E-state index < -0.39 is 11.9 Å². The molecule has 2 amide bonds. The summed E-state index contributed by atoms with van der Waals surface area (Å²) in [4.78, 5) is 42.9. The van der Waals surface area contributed by atoms with Crippen molar-refractivity contribution in [2.24, 2.45) is 11.7 Å². The number of pyridine rings is 1. The molecule has 0 atom stereocenters. The van der Waals surface area contributed by atoms with Crippen LogP contribution < -0.4 is 10.6 Å². The average Bonchev–Trinajstić information content (AvgIpc) is 3.50. The number of aromatic nitrogens is 1. The molecule has 1 heterocycles. The fourth-order valence-electron chi connectivity index (χ4n) is 2.94. The number of rotatable bonds is 7. The fraction of sp³-hybridized carbons (Fsp3) is 0.333. The van der Waals surface area contributed by atoms with Crippen LogP contribution in [0.3, 0.4) is 0 Å². The van der Waals surface area contributed by atoms with Gasteiger partial charge in [0.1, 0.15) is 5.69 Å². The Morgan fingerprint density at radius 2 is 1.96 bits per heavy atom. The molecule has 0 unspecified atom stereocenters. The van der Waals surface area contributed by atoms with E-state index in [-0.39, 0.29) is 23.8 Å². The van der Waals surface area contributed by atoms with Gasteiger partial charge in [-0.05, 0) is 62.9 Å². The maximum Gasteiger partial charge on any atom is 0.338 e. The Morgan fingerprint density at radius 3 is 2.61 bits per heavy atom. The Hall–Kier alpha value is -3.22. The molecular formula is C21H23N3O4. The van der Waals surface area contributed by atoms with Gasteiger partial charge in [-0.3, -0.25) is 9.59 Å². The Kier molecular flexibility index (Phi) is 5.73. The minimum Gasteiger partial charge on any atom is -0.462 e. The summed E-state index contributed by atoms with van der Waals surface area (Å²) in [6, 6.07) is 9.98. The van der Waals surface area contributed by atoms with E-state index in [0.717, 1.165) is 12.8 Å².